The van der Waals surface area contributed by atoms with Crippen molar-refractivity contribution in [3.63, 3.8) is 0 Å². The van der Waals surface area contributed by atoms with Crippen LogP contribution in [0.1, 0.15) is 12.1 Å². The Morgan fingerprint density at radius 3 is 2.50 bits per heavy atom. The van der Waals surface area contributed by atoms with Crippen molar-refractivity contribution in [2.45, 2.75) is 18.6 Å². The van der Waals surface area contributed by atoms with E-state index in [4.69, 9.17) is 0 Å². The minimum Gasteiger partial charge on any atom is -0.325 e. The van der Waals surface area contributed by atoms with E-state index in [-0.39, 0.29) is 17.6 Å². The van der Waals surface area contributed by atoms with Crippen LogP contribution in [0.15, 0.2) is 36.5 Å². The highest BCUT2D eigenvalue weighted by Crippen LogP contribution is 2.30. The predicted octanol–water partition coefficient (Wildman–Crippen LogP) is 2.19. The lowest BCUT2D eigenvalue weighted by Crippen LogP contribution is -2.50. The van der Waals surface area contributed by atoms with Crippen LogP contribution < -0.4 is 10.6 Å². The van der Waals surface area contributed by atoms with Gasteiger partial charge in [-0.1, -0.05) is 0 Å². The largest absolute Gasteiger partial charge is 0.433 e. The third kappa shape index (κ3) is 2.82. The van der Waals surface area contributed by atoms with Gasteiger partial charge in [0.1, 0.15) is 5.69 Å². The van der Waals surface area contributed by atoms with E-state index >= 15 is 0 Å². The molecule has 1 aliphatic rings. The summed E-state index contributed by atoms with van der Waals surface area (Å²) in [4.78, 5) is 11.8. The summed E-state index contributed by atoms with van der Waals surface area (Å²) in [6, 6.07) is 6.78. The van der Waals surface area contributed by atoms with E-state index in [1.54, 1.807) is 12.1 Å². The van der Waals surface area contributed by atoms with Crippen molar-refractivity contribution in [1.29, 1.82) is 0 Å². The molecule has 1 aliphatic heterocycles. The molecule has 1 aromatic carbocycles. The third-order valence-electron chi connectivity index (χ3n) is 3.45. The summed E-state index contributed by atoms with van der Waals surface area (Å²) in [6.07, 6.45) is -2.59. The Bertz CT molecular complexity index is 674. The molecule has 1 fully saturated rings. The van der Waals surface area contributed by atoms with Crippen molar-refractivity contribution in [3.05, 3.63) is 42.2 Å². The molecule has 0 aliphatic carbocycles. The summed E-state index contributed by atoms with van der Waals surface area (Å²) in [5.74, 6) is -0.144. The first kappa shape index (κ1) is 14.6. The van der Waals surface area contributed by atoms with Crippen molar-refractivity contribution < 1.29 is 18.0 Å². The highest BCUT2D eigenvalue weighted by Gasteiger charge is 2.35. The normalized spacial score (nSPS) is 17.9. The van der Waals surface area contributed by atoms with Gasteiger partial charge in [0.05, 0.1) is 17.9 Å². The second kappa shape index (κ2) is 5.45. The zero-order valence-corrected chi connectivity index (χ0v) is 11.4. The van der Waals surface area contributed by atoms with E-state index in [0.29, 0.717) is 5.69 Å². The molecule has 0 bridgehead atoms. The summed E-state index contributed by atoms with van der Waals surface area (Å²) < 4.78 is 39.3. The maximum absolute atomic E-state index is 12.8. The van der Waals surface area contributed by atoms with Crippen LogP contribution in [0.2, 0.25) is 0 Å². The van der Waals surface area contributed by atoms with Crippen molar-refractivity contribution in [1.82, 2.24) is 15.1 Å². The molecular formula is C14H13F3N4O. The van der Waals surface area contributed by atoms with Crippen LogP contribution >= 0.6 is 0 Å². The number of nitrogens with zero attached hydrogens (tertiary/aromatic N) is 2. The van der Waals surface area contributed by atoms with Crippen molar-refractivity contribution in [2.24, 2.45) is 0 Å². The fraction of sp³-hybridized carbons (Fsp3) is 0.286. The smallest absolute Gasteiger partial charge is 0.325 e. The lowest BCUT2D eigenvalue weighted by molar-refractivity contribution is -0.142. The zero-order valence-electron chi connectivity index (χ0n) is 11.4. The van der Waals surface area contributed by atoms with Crippen LogP contribution in [-0.4, -0.2) is 28.3 Å². The maximum atomic E-state index is 12.8. The molecule has 8 heteroatoms. The van der Waals surface area contributed by atoms with Gasteiger partial charge in [-0.25, -0.2) is 4.68 Å². The molecule has 2 N–H and O–H groups in total. The Labute approximate surface area is 124 Å². The summed E-state index contributed by atoms with van der Waals surface area (Å²) in [6.45, 7) is 0.816. The van der Waals surface area contributed by atoms with Crippen LogP contribution in [0.25, 0.3) is 5.69 Å². The van der Waals surface area contributed by atoms with Gasteiger partial charge in [-0.3, -0.25) is 4.79 Å². The summed E-state index contributed by atoms with van der Waals surface area (Å²) >= 11 is 0. The Hall–Kier alpha value is -2.35. The van der Waals surface area contributed by atoms with Crippen molar-refractivity contribution >= 4 is 11.6 Å². The molecule has 0 saturated carbocycles. The molecule has 0 spiro atoms. The standard InChI is InChI=1S/C14H13F3N4O/c15-14(16,17)12-6-8-19-21(12)10-3-1-9(2-4-10)20-13(22)11-5-7-18-11/h1-4,6,8,11,18H,5,7H2,(H,20,22)/t11-/m1/s1. The molecule has 116 valence electrons. The number of rotatable bonds is 3. The summed E-state index contributed by atoms with van der Waals surface area (Å²) in [5, 5.41) is 9.37. The van der Waals surface area contributed by atoms with Crippen LogP contribution in [0.4, 0.5) is 18.9 Å². The van der Waals surface area contributed by atoms with Crippen LogP contribution in [0, 0.1) is 0 Å². The second-order valence-corrected chi connectivity index (χ2v) is 4.96. The zero-order chi connectivity index (χ0) is 15.7. The number of anilines is 1. The lowest BCUT2D eigenvalue weighted by atomic mass is 10.1. The Morgan fingerprint density at radius 1 is 1.27 bits per heavy atom. The number of alkyl halides is 3. The number of carbonyl (C=O) groups excluding carboxylic acids is 1. The van der Waals surface area contributed by atoms with Gasteiger partial charge in [0.25, 0.3) is 0 Å². The van der Waals surface area contributed by atoms with Crippen molar-refractivity contribution in [2.75, 3.05) is 11.9 Å². The first-order valence-corrected chi connectivity index (χ1v) is 6.71. The van der Waals surface area contributed by atoms with Gasteiger partial charge in [-0.2, -0.15) is 18.3 Å². The van der Waals surface area contributed by atoms with Crippen molar-refractivity contribution in [3.8, 4) is 5.69 Å². The predicted molar refractivity (Wildman–Crippen MR) is 73.6 cm³/mol. The monoisotopic (exact) mass is 310 g/mol. The molecule has 1 amide bonds. The van der Waals surface area contributed by atoms with E-state index in [0.717, 1.165) is 29.9 Å². The van der Waals surface area contributed by atoms with Crippen LogP contribution in [-0.2, 0) is 11.0 Å². The van der Waals surface area contributed by atoms with Gasteiger partial charge in [-0.15, -0.1) is 0 Å². The number of benzene rings is 1. The highest BCUT2D eigenvalue weighted by molar-refractivity contribution is 5.95. The highest BCUT2D eigenvalue weighted by atomic mass is 19.4. The molecule has 1 aromatic heterocycles. The average molecular weight is 310 g/mol. The first-order chi connectivity index (χ1) is 10.4. The van der Waals surface area contributed by atoms with E-state index < -0.39 is 11.9 Å². The van der Waals surface area contributed by atoms with Gasteiger partial charge in [0.15, 0.2) is 0 Å². The third-order valence-corrected chi connectivity index (χ3v) is 3.45. The molecule has 1 saturated heterocycles. The number of hydrogen-bond acceptors (Lipinski definition) is 3. The molecule has 5 nitrogen and oxygen atoms in total. The van der Waals surface area contributed by atoms with E-state index in [2.05, 4.69) is 15.7 Å². The molecule has 2 aromatic rings. The number of nitrogens with one attached hydrogen (secondary N) is 2. The van der Waals surface area contributed by atoms with Crippen LogP contribution in [0.3, 0.4) is 0 Å². The van der Waals surface area contributed by atoms with Gasteiger partial charge in [0.2, 0.25) is 5.91 Å². The quantitative estimate of drug-likeness (QED) is 0.913. The first-order valence-electron chi connectivity index (χ1n) is 6.71. The molecule has 22 heavy (non-hydrogen) atoms. The average Bonchev–Trinajstić information content (AvgIpc) is 2.86. The number of carbonyl (C=O) groups is 1. The molecule has 3 rings (SSSR count). The fourth-order valence-electron chi connectivity index (χ4n) is 2.15. The van der Waals surface area contributed by atoms with E-state index in [1.807, 2.05) is 0 Å². The molecule has 0 radical (unpaired) electrons. The number of hydrogen-bond donors (Lipinski definition) is 2. The Balaban J connectivity index is 1.77. The molecule has 1 atom stereocenters. The molecule has 0 unspecified atom stereocenters. The van der Waals surface area contributed by atoms with Crippen LogP contribution in [0.5, 0.6) is 0 Å². The number of aromatic nitrogens is 2. The number of amides is 1. The van der Waals surface area contributed by atoms with Gasteiger partial charge in [-0.05, 0) is 43.3 Å². The summed E-state index contributed by atoms with van der Waals surface area (Å²) in [5.41, 5.74) is -0.0387. The van der Waals surface area contributed by atoms with E-state index in [9.17, 15) is 18.0 Å². The van der Waals surface area contributed by atoms with Gasteiger partial charge >= 0.3 is 6.18 Å². The fourth-order valence-corrected chi connectivity index (χ4v) is 2.15. The molecular weight excluding hydrogens is 297 g/mol. The van der Waals surface area contributed by atoms with Gasteiger partial charge < -0.3 is 10.6 Å². The second-order valence-electron chi connectivity index (χ2n) is 4.96. The Morgan fingerprint density at radius 2 is 1.95 bits per heavy atom. The SMILES string of the molecule is O=C(Nc1ccc(-n2nccc2C(F)(F)F)cc1)[C@H]1CCN1. The van der Waals surface area contributed by atoms with E-state index in [1.165, 1.54) is 12.1 Å². The summed E-state index contributed by atoms with van der Waals surface area (Å²) in [7, 11) is 0. The van der Waals surface area contributed by atoms with Gasteiger partial charge in [0, 0.05) is 5.69 Å². The topological polar surface area (TPSA) is 59.0 Å². The lowest BCUT2D eigenvalue weighted by Gasteiger charge is -2.26. The Kier molecular flexibility index (Phi) is 3.61. The molecule has 2 heterocycles. The maximum Gasteiger partial charge on any atom is 0.433 e. The minimum atomic E-state index is -4.47. The number of halogens is 3. The minimum absolute atomic E-state index is 0.144.